The summed E-state index contributed by atoms with van der Waals surface area (Å²) in [5, 5.41) is 35.4. The highest BCUT2D eigenvalue weighted by atomic mass is 16.6. The van der Waals surface area contributed by atoms with Gasteiger partial charge < -0.3 is 36.4 Å². The number of rotatable bonds is 10. The number of carboxylic acids is 1. The van der Waals surface area contributed by atoms with Gasteiger partial charge in [-0.15, -0.1) is 0 Å². The van der Waals surface area contributed by atoms with Gasteiger partial charge >= 0.3 is 5.97 Å². The van der Waals surface area contributed by atoms with Gasteiger partial charge in [-0.3, -0.25) is 14.2 Å². The maximum Gasteiger partial charge on any atom is 0.303 e. The van der Waals surface area contributed by atoms with E-state index in [-0.39, 0.29) is 23.8 Å². The van der Waals surface area contributed by atoms with E-state index in [4.69, 9.17) is 15.6 Å². The van der Waals surface area contributed by atoms with Gasteiger partial charge in [0, 0.05) is 19.5 Å². The van der Waals surface area contributed by atoms with Crippen molar-refractivity contribution < 1.29 is 29.6 Å². The first-order chi connectivity index (χ1) is 17.3. The Bertz CT molecular complexity index is 1230. The topological polar surface area (TPSA) is 198 Å². The molecular weight excluding hydrogens is 470 g/mol. The maximum atomic E-state index is 12.2. The molecule has 13 heteroatoms. The zero-order valence-corrected chi connectivity index (χ0v) is 19.7. The van der Waals surface area contributed by atoms with E-state index in [9.17, 15) is 19.8 Å². The molecule has 0 spiro atoms. The number of amides is 1. The summed E-state index contributed by atoms with van der Waals surface area (Å²) in [7, 11) is 0. The molecule has 13 nitrogen and oxygen atoms in total. The molecule has 2 aromatic heterocycles. The lowest BCUT2D eigenvalue weighted by Gasteiger charge is -2.16. The van der Waals surface area contributed by atoms with E-state index < -0.39 is 36.4 Å². The van der Waals surface area contributed by atoms with Crippen molar-refractivity contribution in [2.75, 3.05) is 24.1 Å². The van der Waals surface area contributed by atoms with Crippen molar-refractivity contribution >= 4 is 34.8 Å². The summed E-state index contributed by atoms with van der Waals surface area (Å²) in [6.45, 7) is 2.59. The second-order valence-electron chi connectivity index (χ2n) is 8.47. The summed E-state index contributed by atoms with van der Waals surface area (Å²) in [4.78, 5) is 35.8. The first-order valence-electron chi connectivity index (χ1n) is 11.6. The Labute approximate surface area is 206 Å². The minimum absolute atomic E-state index is 0.0905. The molecule has 0 aliphatic carbocycles. The molecule has 1 aromatic carbocycles. The van der Waals surface area contributed by atoms with Crippen LogP contribution >= 0.6 is 0 Å². The van der Waals surface area contributed by atoms with E-state index in [0.717, 1.165) is 11.1 Å². The zero-order valence-electron chi connectivity index (χ0n) is 19.7. The standard InChI is InChI=1S/C23H29N7O6/c1-2-25-21(35)18-16(33)17(34)22(36-18)30-11-27-15-19(24)28-23(29-20(15)30)26-10-9-13-5-3-12(4-6-13)7-8-14(31)32/h3-6,11,16-18,22,33-34H,2,7-10H2,1H3,(H,25,35)(H,31,32)(H3,24,26,28,29)/t16-,17+,18+,22?/m1/s1. The number of imidazole rings is 1. The van der Waals surface area contributed by atoms with E-state index in [2.05, 4.69) is 25.6 Å². The number of nitrogens with zero attached hydrogens (tertiary/aromatic N) is 4. The Morgan fingerprint density at radius 2 is 1.81 bits per heavy atom. The summed E-state index contributed by atoms with van der Waals surface area (Å²) in [5.74, 6) is -0.985. The SMILES string of the molecule is CCNC(=O)[C@H]1OC(n2cnc3c(N)nc(NCCc4ccc(CCC(=O)O)cc4)nc32)[C@@H](O)[C@H]1O. The maximum absolute atomic E-state index is 12.2. The summed E-state index contributed by atoms with van der Waals surface area (Å²) < 4.78 is 7.09. The number of aromatic nitrogens is 4. The highest BCUT2D eigenvalue weighted by Crippen LogP contribution is 2.32. The number of carbonyl (C=O) groups excluding carboxylic acids is 1. The Morgan fingerprint density at radius 3 is 2.47 bits per heavy atom. The number of nitrogen functional groups attached to an aromatic ring is 1. The molecule has 3 aromatic rings. The Kier molecular flexibility index (Phi) is 7.62. The molecule has 1 amide bonds. The predicted molar refractivity (Wildman–Crippen MR) is 129 cm³/mol. The lowest BCUT2D eigenvalue weighted by molar-refractivity contribution is -0.138. The fraction of sp³-hybridized carbons (Fsp3) is 0.435. The third kappa shape index (κ3) is 5.37. The summed E-state index contributed by atoms with van der Waals surface area (Å²) in [6.07, 6.45) is -2.56. The minimum Gasteiger partial charge on any atom is -0.481 e. The number of nitrogens with one attached hydrogen (secondary N) is 2. The van der Waals surface area contributed by atoms with Gasteiger partial charge in [0.2, 0.25) is 5.95 Å². The first-order valence-corrected chi connectivity index (χ1v) is 11.6. The van der Waals surface area contributed by atoms with Crippen molar-refractivity contribution in [3.63, 3.8) is 0 Å². The fourth-order valence-corrected chi connectivity index (χ4v) is 4.03. The number of hydrogen-bond donors (Lipinski definition) is 6. The van der Waals surface area contributed by atoms with Gasteiger partial charge in [0.05, 0.1) is 6.33 Å². The van der Waals surface area contributed by atoms with E-state index in [1.54, 1.807) is 6.92 Å². The third-order valence-corrected chi connectivity index (χ3v) is 5.92. The Morgan fingerprint density at radius 1 is 1.11 bits per heavy atom. The zero-order chi connectivity index (χ0) is 25.8. The van der Waals surface area contributed by atoms with Crippen molar-refractivity contribution in [3.8, 4) is 0 Å². The van der Waals surface area contributed by atoms with Crippen LogP contribution in [0.3, 0.4) is 0 Å². The molecule has 1 aliphatic rings. The van der Waals surface area contributed by atoms with Gasteiger partial charge in [0.1, 0.15) is 17.7 Å². The number of aryl methyl sites for hydroxylation is 1. The molecule has 0 saturated carbocycles. The summed E-state index contributed by atoms with van der Waals surface area (Å²) in [6, 6.07) is 7.71. The molecule has 7 N–H and O–H groups in total. The van der Waals surface area contributed by atoms with E-state index in [1.165, 1.54) is 10.9 Å². The fourth-order valence-electron chi connectivity index (χ4n) is 4.03. The van der Waals surface area contributed by atoms with Gasteiger partial charge in [-0.2, -0.15) is 9.97 Å². The van der Waals surface area contributed by atoms with Crippen molar-refractivity contribution in [1.29, 1.82) is 0 Å². The number of aliphatic carboxylic acids is 1. The average molecular weight is 500 g/mol. The van der Waals surface area contributed by atoms with Crippen LogP contribution in [0.2, 0.25) is 0 Å². The van der Waals surface area contributed by atoms with E-state index >= 15 is 0 Å². The molecule has 192 valence electrons. The molecule has 0 radical (unpaired) electrons. The van der Waals surface area contributed by atoms with Gasteiger partial charge in [0.25, 0.3) is 5.91 Å². The second-order valence-corrected chi connectivity index (χ2v) is 8.47. The molecule has 0 bridgehead atoms. The number of fused-ring (bicyclic) bond motifs is 1. The highest BCUT2D eigenvalue weighted by Gasteiger charge is 2.47. The second kappa shape index (κ2) is 10.8. The van der Waals surface area contributed by atoms with Crippen molar-refractivity contribution in [2.24, 2.45) is 0 Å². The molecular formula is C23H29N7O6. The largest absolute Gasteiger partial charge is 0.481 e. The van der Waals surface area contributed by atoms with Crippen LogP contribution in [0.5, 0.6) is 0 Å². The normalized spacial score (nSPS) is 21.5. The van der Waals surface area contributed by atoms with Gasteiger partial charge in [0.15, 0.2) is 23.8 Å². The van der Waals surface area contributed by atoms with Crippen molar-refractivity contribution in [1.82, 2.24) is 24.8 Å². The highest BCUT2D eigenvalue weighted by molar-refractivity contribution is 5.83. The molecule has 1 aliphatic heterocycles. The van der Waals surface area contributed by atoms with Crippen LogP contribution < -0.4 is 16.4 Å². The van der Waals surface area contributed by atoms with Crippen LogP contribution in [-0.4, -0.2) is 78.1 Å². The van der Waals surface area contributed by atoms with Crippen LogP contribution in [0.4, 0.5) is 11.8 Å². The van der Waals surface area contributed by atoms with Crippen molar-refractivity contribution in [2.45, 2.75) is 50.7 Å². The summed E-state index contributed by atoms with van der Waals surface area (Å²) >= 11 is 0. The van der Waals surface area contributed by atoms with Crippen LogP contribution in [0.1, 0.15) is 30.7 Å². The Hall–Kier alpha value is -3.81. The number of likely N-dealkylation sites (N-methyl/N-ethyl adjacent to an activating group) is 1. The van der Waals surface area contributed by atoms with Crippen LogP contribution in [0.25, 0.3) is 11.2 Å². The summed E-state index contributed by atoms with van der Waals surface area (Å²) in [5.41, 5.74) is 8.65. The molecule has 36 heavy (non-hydrogen) atoms. The third-order valence-electron chi connectivity index (χ3n) is 5.92. The number of hydrogen-bond acceptors (Lipinski definition) is 10. The smallest absolute Gasteiger partial charge is 0.303 e. The lowest BCUT2D eigenvalue weighted by atomic mass is 10.1. The lowest BCUT2D eigenvalue weighted by Crippen LogP contribution is -2.42. The van der Waals surface area contributed by atoms with Gasteiger partial charge in [-0.1, -0.05) is 24.3 Å². The van der Waals surface area contributed by atoms with Crippen LogP contribution in [-0.2, 0) is 27.2 Å². The number of nitrogens with two attached hydrogens (primary N) is 1. The number of carbonyl (C=O) groups is 2. The monoisotopic (exact) mass is 499 g/mol. The number of carboxylic acid groups (broad SMARTS) is 1. The molecule has 1 saturated heterocycles. The number of benzene rings is 1. The van der Waals surface area contributed by atoms with Crippen molar-refractivity contribution in [3.05, 3.63) is 41.7 Å². The predicted octanol–water partition coefficient (Wildman–Crippen LogP) is -0.164. The molecule has 4 rings (SSSR count). The molecule has 3 heterocycles. The van der Waals surface area contributed by atoms with Gasteiger partial charge in [-0.25, -0.2) is 4.98 Å². The quantitative estimate of drug-likeness (QED) is 0.217. The number of ether oxygens (including phenoxy) is 1. The number of aliphatic hydroxyl groups excluding tert-OH is 2. The van der Waals surface area contributed by atoms with Crippen LogP contribution in [0, 0.1) is 0 Å². The average Bonchev–Trinajstić information content (AvgIpc) is 3.40. The Balaban J connectivity index is 1.45. The molecule has 4 atom stereocenters. The number of aliphatic hydroxyl groups is 2. The van der Waals surface area contributed by atoms with Crippen LogP contribution in [0.15, 0.2) is 30.6 Å². The number of anilines is 2. The minimum atomic E-state index is -1.42. The molecule has 1 fully saturated rings. The van der Waals surface area contributed by atoms with E-state index in [1.807, 2.05) is 24.3 Å². The molecule has 1 unspecified atom stereocenters. The first kappa shape index (κ1) is 25.3. The van der Waals surface area contributed by atoms with E-state index in [0.29, 0.717) is 31.4 Å². The van der Waals surface area contributed by atoms with Gasteiger partial charge in [-0.05, 0) is 30.9 Å².